The second kappa shape index (κ2) is 13.0. The highest BCUT2D eigenvalue weighted by Crippen LogP contribution is 2.46. The quantitative estimate of drug-likeness (QED) is 0.189. The van der Waals surface area contributed by atoms with Crippen molar-refractivity contribution in [1.82, 2.24) is 10.2 Å². The maximum atomic E-state index is 12.8. The Labute approximate surface area is 227 Å². The van der Waals surface area contributed by atoms with Crippen molar-refractivity contribution in [3.05, 3.63) is 29.3 Å². The van der Waals surface area contributed by atoms with E-state index in [9.17, 15) is 19.2 Å². The van der Waals surface area contributed by atoms with Gasteiger partial charge in [-0.2, -0.15) is 0 Å². The first-order chi connectivity index (χ1) is 18.3. The van der Waals surface area contributed by atoms with Crippen LogP contribution in [0.5, 0.6) is 5.75 Å². The summed E-state index contributed by atoms with van der Waals surface area (Å²) in [7, 11) is 0. The van der Waals surface area contributed by atoms with Gasteiger partial charge in [0.05, 0.1) is 23.8 Å². The average Bonchev–Trinajstić information content (AvgIpc) is 3.12. The van der Waals surface area contributed by atoms with E-state index in [-0.39, 0.29) is 24.0 Å². The van der Waals surface area contributed by atoms with Crippen LogP contribution in [0.4, 0.5) is 0 Å². The molecule has 2 fully saturated rings. The van der Waals surface area contributed by atoms with Crippen molar-refractivity contribution in [3.63, 3.8) is 0 Å². The summed E-state index contributed by atoms with van der Waals surface area (Å²) in [4.78, 5) is 48.5. The highest BCUT2D eigenvalue weighted by Gasteiger charge is 2.41. The Morgan fingerprint density at radius 1 is 1.00 bits per heavy atom. The molecule has 1 aromatic carbocycles. The van der Waals surface area contributed by atoms with E-state index in [4.69, 9.17) is 4.74 Å². The predicted molar refractivity (Wildman–Crippen MR) is 146 cm³/mol. The summed E-state index contributed by atoms with van der Waals surface area (Å²) in [6, 6.07) is 3.94. The standard InChI is InChI=1S/C31H44N2O5/c1-22-15-23-17-24(16-22)20-31(2,19-23)32-12-6-4-3-5-7-14-38-26-10-11-27-28(18-26)30(37)33(29(27)36)25(21-35)9-8-13-34/h10-11,13,18,21-25,32H,3-9,12,14-17,19-20H2,1-2H3. The molecule has 2 bridgehead atoms. The number of fused-ring (bicyclic) bond motifs is 3. The van der Waals surface area contributed by atoms with E-state index < -0.39 is 17.9 Å². The number of carbonyl (C=O) groups excluding carboxylic acids is 4. The number of carbonyl (C=O) groups is 4. The Balaban J connectivity index is 1.12. The summed E-state index contributed by atoms with van der Waals surface area (Å²) in [5.74, 6) is 2.29. The maximum Gasteiger partial charge on any atom is 0.262 e. The number of nitrogens with zero attached hydrogens (tertiary/aromatic N) is 1. The van der Waals surface area contributed by atoms with Gasteiger partial charge in [-0.1, -0.05) is 26.2 Å². The van der Waals surface area contributed by atoms with E-state index in [1.54, 1.807) is 18.2 Å². The van der Waals surface area contributed by atoms with Crippen molar-refractivity contribution in [2.45, 2.75) is 102 Å². The Hall–Kier alpha value is -2.54. The van der Waals surface area contributed by atoms with Crippen LogP contribution in [0.3, 0.4) is 0 Å². The lowest BCUT2D eigenvalue weighted by atomic mass is 9.62. The van der Waals surface area contributed by atoms with Gasteiger partial charge in [-0.05, 0) is 101 Å². The normalized spacial score (nSPS) is 27.2. The molecule has 0 spiro atoms. The lowest BCUT2D eigenvalue weighted by Gasteiger charge is -2.47. The summed E-state index contributed by atoms with van der Waals surface area (Å²) in [6.45, 7) is 6.51. The number of amides is 2. The zero-order valence-corrected chi connectivity index (χ0v) is 23.1. The molecule has 38 heavy (non-hydrogen) atoms. The minimum atomic E-state index is -0.929. The first-order valence-corrected chi connectivity index (χ1v) is 14.6. The first-order valence-electron chi connectivity index (χ1n) is 14.6. The summed E-state index contributed by atoms with van der Waals surface area (Å²) in [5, 5.41) is 3.90. The summed E-state index contributed by atoms with van der Waals surface area (Å²) in [6.07, 6.45) is 14.0. The molecule has 4 rings (SSSR count). The number of ether oxygens (including phenoxy) is 1. The van der Waals surface area contributed by atoms with Crippen LogP contribution in [-0.2, 0) is 9.59 Å². The van der Waals surface area contributed by atoms with Gasteiger partial charge in [0.2, 0.25) is 0 Å². The van der Waals surface area contributed by atoms with Crippen LogP contribution in [0, 0.1) is 17.8 Å². The van der Waals surface area contributed by atoms with Gasteiger partial charge >= 0.3 is 0 Å². The van der Waals surface area contributed by atoms with Gasteiger partial charge < -0.3 is 19.6 Å². The molecule has 3 aliphatic rings. The van der Waals surface area contributed by atoms with Gasteiger partial charge in [-0.3, -0.25) is 14.5 Å². The SMILES string of the molecule is CC1CC2CC(C1)CC(C)(NCCCCCCCOc1ccc3c(c1)C(=O)N(C(C=O)CCC=O)C3=O)C2. The third-order valence-corrected chi connectivity index (χ3v) is 8.72. The third kappa shape index (κ3) is 6.90. The third-order valence-electron chi connectivity index (χ3n) is 8.72. The Morgan fingerprint density at radius 2 is 1.68 bits per heavy atom. The van der Waals surface area contributed by atoms with E-state index in [0.29, 0.717) is 30.5 Å². The zero-order valence-electron chi connectivity index (χ0n) is 23.1. The van der Waals surface area contributed by atoms with Crippen molar-refractivity contribution in [2.24, 2.45) is 17.8 Å². The average molecular weight is 525 g/mol. The summed E-state index contributed by atoms with van der Waals surface area (Å²) >= 11 is 0. The second-order valence-electron chi connectivity index (χ2n) is 12.2. The molecule has 2 amide bonds. The van der Waals surface area contributed by atoms with E-state index in [0.717, 1.165) is 42.0 Å². The smallest absolute Gasteiger partial charge is 0.262 e. The highest BCUT2D eigenvalue weighted by atomic mass is 16.5. The molecule has 3 unspecified atom stereocenters. The zero-order chi connectivity index (χ0) is 27.1. The number of hydrogen-bond acceptors (Lipinski definition) is 6. The molecule has 0 radical (unpaired) electrons. The minimum Gasteiger partial charge on any atom is -0.494 e. The van der Waals surface area contributed by atoms with Gasteiger partial charge in [0.25, 0.3) is 11.8 Å². The van der Waals surface area contributed by atoms with Crippen LogP contribution >= 0.6 is 0 Å². The fraction of sp³-hybridized carbons (Fsp3) is 0.677. The fourth-order valence-corrected chi connectivity index (χ4v) is 7.20. The number of unbranched alkanes of at least 4 members (excludes halogenated alkanes) is 4. The Bertz CT molecular complexity index is 990. The number of hydrogen-bond donors (Lipinski definition) is 1. The lowest BCUT2D eigenvalue weighted by molar-refractivity contribution is -0.112. The number of imide groups is 1. The molecule has 1 N–H and O–H groups in total. The summed E-state index contributed by atoms with van der Waals surface area (Å²) in [5.41, 5.74) is 0.848. The summed E-state index contributed by atoms with van der Waals surface area (Å²) < 4.78 is 5.86. The van der Waals surface area contributed by atoms with Crippen molar-refractivity contribution < 1.29 is 23.9 Å². The van der Waals surface area contributed by atoms with Gasteiger partial charge in [-0.25, -0.2) is 0 Å². The van der Waals surface area contributed by atoms with Crippen molar-refractivity contribution >= 4 is 24.4 Å². The van der Waals surface area contributed by atoms with Crippen LogP contribution in [0.25, 0.3) is 0 Å². The molecule has 0 saturated heterocycles. The molecule has 1 aliphatic heterocycles. The van der Waals surface area contributed by atoms with Crippen LogP contribution in [0.2, 0.25) is 0 Å². The van der Waals surface area contributed by atoms with Crippen LogP contribution in [-0.4, -0.2) is 54.0 Å². The molecule has 7 nitrogen and oxygen atoms in total. The number of aldehydes is 2. The van der Waals surface area contributed by atoms with Gasteiger partial charge in [0, 0.05) is 12.0 Å². The lowest BCUT2D eigenvalue weighted by Crippen LogP contribution is -2.50. The monoisotopic (exact) mass is 524 g/mol. The van der Waals surface area contributed by atoms with E-state index in [1.807, 2.05) is 0 Å². The Kier molecular flexibility index (Phi) is 9.74. The largest absolute Gasteiger partial charge is 0.494 e. The van der Waals surface area contributed by atoms with Gasteiger partial charge in [0.15, 0.2) is 0 Å². The molecular formula is C31H44N2O5. The van der Waals surface area contributed by atoms with Crippen LogP contribution < -0.4 is 10.1 Å². The molecule has 208 valence electrons. The number of nitrogens with one attached hydrogen (secondary N) is 1. The molecule has 7 heteroatoms. The van der Waals surface area contributed by atoms with Gasteiger partial charge in [-0.15, -0.1) is 0 Å². The van der Waals surface area contributed by atoms with Crippen LogP contribution in [0.1, 0.15) is 112 Å². The molecule has 2 saturated carbocycles. The van der Waals surface area contributed by atoms with Crippen molar-refractivity contribution in [2.75, 3.05) is 13.2 Å². The topological polar surface area (TPSA) is 92.8 Å². The van der Waals surface area contributed by atoms with E-state index in [1.165, 1.54) is 51.4 Å². The van der Waals surface area contributed by atoms with Crippen molar-refractivity contribution in [3.8, 4) is 5.75 Å². The van der Waals surface area contributed by atoms with Crippen molar-refractivity contribution in [1.29, 1.82) is 0 Å². The molecular weight excluding hydrogens is 480 g/mol. The van der Waals surface area contributed by atoms with Gasteiger partial charge in [0.1, 0.15) is 18.3 Å². The number of benzene rings is 1. The molecule has 1 aromatic rings. The fourth-order valence-electron chi connectivity index (χ4n) is 7.20. The second-order valence-corrected chi connectivity index (χ2v) is 12.2. The minimum absolute atomic E-state index is 0.112. The molecule has 2 aliphatic carbocycles. The Morgan fingerprint density at radius 3 is 2.39 bits per heavy atom. The van der Waals surface area contributed by atoms with E-state index in [2.05, 4.69) is 19.2 Å². The number of rotatable bonds is 15. The van der Waals surface area contributed by atoms with Crippen LogP contribution in [0.15, 0.2) is 18.2 Å². The molecule has 1 heterocycles. The highest BCUT2D eigenvalue weighted by molar-refractivity contribution is 6.22. The maximum absolute atomic E-state index is 12.8. The first kappa shape index (κ1) is 28.5. The predicted octanol–water partition coefficient (Wildman–Crippen LogP) is 5.35. The molecule has 0 aromatic heterocycles. The molecule has 3 atom stereocenters. The van der Waals surface area contributed by atoms with E-state index >= 15 is 0 Å².